The molecule has 0 radical (unpaired) electrons. The standard InChI is InChI=1S/C21H24N2O6S/c1-2-28-21(25)16-5-9-18(10-6-16)29-15-20(24)22-17-7-11-19(12-8-17)30(26,27)23-13-3-4-14-23/h5-12H,2-4,13-15H2,1H3,(H,22,24). The lowest BCUT2D eigenvalue weighted by molar-refractivity contribution is -0.118. The van der Waals surface area contributed by atoms with Crippen LogP contribution in [-0.2, 0) is 19.6 Å². The van der Waals surface area contributed by atoms with Crippen molar-refractivity contribution in [3.63, 3.8) is 0 Å². The molecule has 1 saturated heterocycles. The van der Waals surface area contributed by atoms with Crippen LogP contribution in [0, 0.1) is 0 Å². The largest absolute Gasteiger partial charge is 0.484 e. The molecule has 1 aliphatic heterocycles. The number of hydrogen-bond acceptors (Lipinski definition) is 6. The van der Waals surface area contributed by atoms with Gasteiger partial charge in [0.25, 0.3) is 5.91 Å². The molecule has 1 N–H and O–H groups in total. The highest BCUT2D eigenvalue weighted by molar-refractivity contribution is 7.89. The molecule has 1 fully saturated rings. The molecule has 1 amide bonds. The van der Waals surface area contributed by atoms with Crippen LogP contribution in [0.1, 0.15) is 30.1 Å². The van der Waals surface area contributed by atoms with E-state index in [2.05, 4.69) is 5.32 Å². The summed E-state index contributed by atoms with van der Waals surface area (Å²) in [4.78, 5) is 23.9. The molecule has 0 bridgehead atoms. The van der Waals surface area contributed by atoms with E-state index in [4.69, 9.17) is 9.47 Å². The molecule has 8 nitrogen and oxygen atoms in total. The number of nitrogens with one attached hydrogen (secondary N) is 1. The fourth-order valence-corrected chi connectivity index (χ4v) is 4.55. The fourth-order valence-electron chi connectivity index (χ4n) is 3.04. The summed E-state index contributed by atoms with van der Waals surface area (Å²) in [5.41, 5.74) is 0.874. The minimum absolute atomic E-state index is 0.209. The van der Waals surface area contributed by atoms with E-state index in [0.29, 0.717) is 36.7 Å². The Bertz CT molecular complexity index is 981. The van der Waals surface area contributed by atoms with Crippen molar-refractivity contribution in [2.24, 2.45) is 0 Å². The Morgan fingerprint density at radius 1 is 1.00 bits per heavy atom. The van der Waals surface area contributed by atoms with E-state index in [1.54, 1.807) is 43.3 Å². The molecule has 0 aliphatic carbocycles. The van der Waals surface area contributed by atoms with Crippen molar-refractivity contribution < 1.29 is 27.5 Å². The first-order chi connectivity index (χ1) is 14.4. The van der Waals surface area contributed by atoms with Crippen LogP contribution in [0.3, 0.4) is 0 Å². The highest BCUT2D eigenvalue weighted by atomic mass is 32.2. The van der Waals surface area contributed by atoms with Gasteiger partial charge in [0.2, 0.25) is 10.0 Å². The van der Waals surface area contributed by atoms with E-state index >= 15 is 0 Å². The fraction of sp³-hybridized carbons (Fsp3) is 0.333. The summed E-state index contributed by atoms with van der Waals surface area (Å²) >= 11 is 0. The van der Waals surface area contributed by atoms with Gasteiger partial charge in [-0.05, 0) is 68.3 Å². The molecule has 0 aromatic heterocycles. The zero-order valence-corrected chi connectivity index (χ0v) is 17.5. The summed E-state index contributed by atoms with van der Waals surface area (Å²) < 4.78 is 36.8. The van der Waals surface area contributed by atoms with Gasteiger partial charge in [0.05, 0.1) is 17.1 Å². The maximum absolute atomic E-state index is 12.5. The molecule has 0 spiro atoms. The lowest BCUT2D eigenvalue weighted by Crippen LogP contribution is -2.27. The number of anilines is 1. The van der Waals surface area contributed by atoms with Gasteiger partial charge in [0.1, 0.15) is 5.75 Å². The molecule has 30 heavy (non-hydrogen) atoms. The molecule has 0 atom stereocenters. The van der Waals surface area contributed by atoms with E-state index in [1.165, 1.54) is 16.4 Å². The van der Waals surface area contributed by atoms with Crippen molar-refractivity contribution >= 4 is 27.6 Å². The maximum Gasteiger partial charge on any atom is 0.338 e. The summed E-state index contributed by atoms with van der Waals surface area (Å²) in [7, 11) is -3.48. The topological polar surface area (TPSA) is 102 Å². The van der Waals surface area contributed by atoms with Crippen molar-refractivity contribution in [3.05, 3.63) is 54.1 Å². The van der Waals surface area contributed by atoms with Gasteiger partial charge in [0, 0.05) is 18.8 Å². The number of sulfonamides is 1. The van der Waals surface area contributed by atoms with Crippen LogP contribution in [0.2, 0.25) is 0 Å². The van der Waals surface area contributed by atoms with Crippen molar-refractivity contribution in [1.29, 1.82) is 0 Å². The molecule has 1 heterocycles. The lowest BCUT2D eigenvalue weighted by Gasteiger charge is -2.15. The summed E-state index contributed by atoms with van der Waals surface area (Å²) in [5, 5.41) is 2.66. The second kappa shape index (κ2) is 9.73. The third kappa shape index (κ3) is 5.37. The zero-order valence-electron chi connectivity index (χ0n) is 16.7. The Morgan fingerprint density at radius 3 is 2.23 bits per heavy atom. The smallest absolute Gasteiger partial charge is 0.338 e. The quantitative estimate of drug-likeness (QED) is 0.644. The summed E-state index contributed by atoms with van der Waals surface area (Å²) in [6.07, 6.45) is 1.75. The molecule has 1 aliphatic rings. The van der Waals surface area contributed by atoms with E-state index in [1.807, 2.05) is 0 Å². The number of esters is 1. The van der Waals surface area contributed by atoms with Gasteiger partial charge in [-0.15, -0.1) is 0 Å². The van der Waals surface area contributed by atoms with Gasteiger partial charge >= 0.3 is 5.97 Å². The van der Waals surface area contributed by atoms with Gasteiger partial charge in [-0.2, -0.15) is 4.31 Å². The molecular weight excluding hydrogens is 408 g/mol. The first-order valence-electron chi connectivity index (χ1n) is 9.70. The normalized spacial score (nSPS) is 14.3. The van der Waals surface area contributed by atoms with Crippen LogP contribution in [0.25, 0.3) is 0 Å². The number of hydrogen-bond donors (Lipinski definition) is 1. The second-order valence-electron chi connectivity index (χ2n) is 6.72. The Morgan fingerprint density at radius 2 is 1.63 bits per heavy atom. The molecule has 2 aromatic rings. The van der Waals surface area contributed by atoms with Crippen LogP contribution in [0.5, 0.6) is 5.75 Å². The second-order valence-corrected chi connectivity index (χ2v) is 8.66. The molecule has 3 rings (SSSR count). The number of carbonyl (C=O) groups excluding carboxylic acids is 2. The average Bonchev–Trinajstić information content (AvgIpc) is 3.29. The van der Waals surface area contributed by atoms with Crippen molar-refractivity contribution in [3.8, 4) is 5.75 Å². The van der Waals surface area contributed by atoms with Crippen LogP contribution in [-0.4, -0.2) is 50.9 Å². The highest BCUT2D eigenvalue weighted by Gasteiger charge is 2.26. The number of nitrogens with zero attached hydrogens (tertiary/aromatic N) is 1. The number of rotatable bonds is 8. The molecule has 0 saturated carbocycles. The van der Waals surface area contributed by atoms with Crippen molar-refractivity contribution in [2.45, 2.75) is 24.7 Å². The van der Waals surface area contributed by atoms with Crippen LogP contribution in [0.4, 0.5) is 5.69 Å². The van der Waals surface area contributed by atoms with Gasteiger partial charge in [-0.3, -0.25) is 4.79 Å². The van der Waals surface area contributed by atoms with E-state index in [9.17, 15) is 18.0 Å². The molecule has 0 unspecified atom stereocenters. The molecular formula is C21H24N2O6S. The van der Waals surface area contributed by atoms with Gasteiger partial charge in [-0.1, -0.05) is 0 Å². The summed E-state index contributed by atoms with van der Waals surface area (Å²) in [6.45, 7) is 2.88. The van der Waals surface area contributed by atoms with Crippen molar-refractivity contribution in [1.82, 2.24) is 4.31 Å². The minimum Gasteiger partial charge on any atom is -0.484 e. The molecule has 160 valence electrons. The number of carbonyl (C=O) groups is 2. The predicted molar refractivity (Wildman–Crippen MR) is 111 cm³/mol. The third-order valence-electron chi connectivity index (χ3n) is 4.58. The summed E-state index contributed by atoms with van der Waals surface area (Å²) in [6, 6.07) is 12.4. The number of amides is 1. The predicted octanol–water partition coefficient (Wildman–Crippen LogP) is 2.67. The Hall–Kier alpha value is -2.91. The molecule has 9 heteroatoms. The lowest BCUT2D eigenvalue weighted by atomic mass is 10.2. The van der Waals surface area contributed by atoms with E-state index < -0.39 is 16.0 Å². The minimum atomic E-state index is -3.48. The van der Waals surface area contributed by atoms with E-state index in [-0.39, 0.29) is 17.4 Å². The first kappa shape index (κ1) is 21.8. The maximum atomic E-state index is 12.5. The van der Waals surface area contributed by atoms with Crippen LogP contribution >= 0.6 is 0 Å². The Labute approximate surface area is 175 Å². The van der Waals surface area contributed by atoms with Gasteiger partial charge in [-0.25, -0.2) is 13.2 Å². The van der Waals surface area contributed by atoms with Gasteiger partial charge < -0.3 is 14.8 Å². The zero-order chi connectivity index (χ0) is 21.6. The van der Waals surface area contributed by atoms with Crippen LogP contribution < -0.4 is 10.1 Å². The monoisotopic (exact) mass is 432 g/mol. The number of ether oxygens (including phenoxy) is 2. The third-order valence-corrected chi connectivity index (χ3v) is 6.49. The van der Waals surface area contributed by atoms with Gasteiger partial charge in [0.15, 0.2) is 6.61 Å². The average molecular weight is 432 g/mol. The Kier molecular flexibility index (Phi) is 7.07. The Balaban J connectivity index is 1.52. The SMILES string of the molecule is CCOC(=O)c1ccc(OCC(=O)Nc2ccc(S(=O)(=O)N3CCCC3)cc2)cc1. The highest BCUT2D eigenvalue weighted by Crippen LogP contribution is 2.22. The number of benzene rings is 2. The van der Waals surface area contributed by atoms with Crippen molar-refractivity contribution in [2.75, 3.05) is 31.6 Å². The first-order valence-corrected chi connectivity index (χ1v) is 11.1. The van der Waals surface area contributed by atoms with E-state index in [0.717, 1.165) is 12.8 Å². The summed E-state index contributed by atoms with van der Waals surface area (Å²) in [5.74, 6) is -0.373. The van der Waals surface area contributed by atoms with Crippen LogP contribution in [0.15, 0.2) is 53.4 Å². The molecule has 2 aromatic carbocycles.